The zero-order chi connectivity index (χ0) is 19.2. The molecular formula is C21H21N3O3. The van der Waals surface area contributed by atoms with Crippen molar-refractivity contribution in [1.82, 2.24) is 9.13 Å². The van der Waals surface area contributed by atoms with Crippen LogP contribution in [-0.2, 0) is 25.9 Å². The molecule has 3 aromatic rings. The fourth-order valence-electron chi connectivity index (χ4n) is 3.01. The topological polar surface area (TPSA) is 88.1 Å². The van der Waals surface area contributed by atoms with Crippen LogP contribution in [0.3, 0.4) is 0 Å². The number of nitrogens with zero attached hydrogens (tertiary/aromatic N) is 2. The van der Waals surface area contributed by atoms with E-state index in [4.69, 9.17) is 5.41 Å². The van der Waals surface area contributed by atoms with Crippen LogP contribution in [0.15, 0.2) is 70.3 Å². The Morgan fingerprint density at radius 2 is 1.30 bits per heavy atom. The molecule has 6 nitrogen and oxygen atoms in total. The standard InChI is InChI=1S/C21H21N3O3/c22-15-18-19(25)23(13-11-16-7-3-1-4-8-16)21(27)24(20(18)26)14-12-17-9-5-2-6-10-17/h1-10,15,22,25H,11-14H2. The zero-order valence-corrected chi connectivity index (χ0v) is 14.8. The summed E-state index contributed by atoms with van der Waals surface area (Å²) in [5, 5.41) is 17.8. The fourth-order valence-corrected chi connectivity index (χ4v) is 3.01. The molecule has 2 N–H and O–H groups in total. The normalized spacial score (nSPS) is 10.7. The van der Waals surface area contributed by atoms with Crippen molar-refractivity contribution in [1.29, 1.82) is 5.41 Å². The predicted octanol–water partition coefficient (Wildman–Crippen LogP) is 2.20. The smallest absolute Gasteiger partial charge is 0.333 e. The second-order valence-corrected chi connectivity index (χ2v) is 6.24. The Hall–Kier alpha value is -3.41. The molecule has 2 aromatic carbocycles. The predicted molar refractivity (Wildman–Crippen MR) is 105 cm³/mol. The monoisotopic (exact) mass is 363 g/mol. The lowest BCUT2D eigenvalue weighted by molar-refractivity contribution is 0.387. The molecule has 0 radical (unpaired) electrons. The van der Waals surface area contributed by atoms with Crippen LogP contribution in [0.25, 0.3) is 0 Å². The summed E-state index contributed by atoms with van der Waals surface area (Å²) in [7, 11) is 0. The molecule has 0 fully saturated rings. The second-order valence-electron chi connectivity index (χ2n) is 6.24. The lowest BCUT2D eigenvalue weighted by Crippen LogP contribution is -2.42. The highest BCUT2D eigenvalue weighted by Crippen LogP contribution is 2.11. The van der Waals surface area contributed by atoms with Gasteiger partial charge in [-0.3, -0.25) is 13.9 Å². The quantitative estimate of drug-likeness (QED) is 0.631. The fraction of sp³-hybridized carbons (Fsp3) is 0.190. The van der Waals surface area contributed by atoms with Gasteiger partial charge in [-0.1, -0.05) is 60.7 Å². The number of hydrogen-bond acceptors (Lipinski definition) is 4. The Morgan fingerprint density at radius 3 is 1.78 bits per heavy atom. The molecular weight excluding hydrogens is 342 g/mol. The van der Waals surface area contributed by atoms with Gasteiger partial charge < -0.3 is 10.5 Å². The lowest BCUT2D eigenvalue weighted by atomic mass is 10.1. The number of hydrogen-bond donors (Lipinski definition) is 2. The number of rotatable bonds is 7. The highest BCUT2D eigenvalue weighted by molar-refractivity contribution is 5.79. The van der Waals surface area contributed by atoms with Crippen LogP contribution >= 0.6 is 0 Å². The third-order valence-electron chi connectivity index (χ3n) is 4.51. The number of nitrogens with one attached hydrogen (secondary N) is 1. The van der Waals surface area contributed by atoms with Crippen LogP contribution in [-0.4, -0.2) is 20.5 Å². The van der Waals surface area contributed by atoms with Gasteiger partial charge in [0.2, 0.25) is 5.88 Å². The molecule has 0 atom stereocenters. The Morgan fingerprint density at radius 1 is 0.815 bits per heavy atom. The average Bonchev–Trinajstić information content (AvgIpc) is 2.69. The molecule has 0 aliphatic heterocycles. The van der Waals surface area contributed by atoms with Crippen molar-refractivity contribution >= 4 is 6.21 Å². The van der Waals surface area contributed by atoms with E-state index in [9.17, 15) is 14.7 Å². The maximum absolute atomic E-state index is 12.8. The van der Waals surface area contributed by atoms with Gasteiger partial charge in [0, 0.05) is 19.3 Å². The van der Waals surface area contributed by atoms with Gasteiger partial charge in [-0.25, -0.2) is 4.79 Å². The van der Waals surface area contributed by atoms with E-state index < -0.39 is 17.1 Å². The Labute approximate surface area is 156 Å². The zero-order valence-electron chi connectivity index (χ0n) is 14.8. The van der Waals surface area contributed by atoms with Crippen molar-refractivity contribution < 1.29 is 5.11 Å². The molecule has 0 aliphatic carbocycles. The molecule has 1 heterocycles. The van der Waals surface area contributed by atoms with Crippen molar-refractivity contribution in [2.75, 3.05) is 0 Å². The van der Waals surface area contributed by atoms with Crippen molar-refractivity contribution in [2.24, 2.45) is 0 Å². The summed E-state index contributed by atoms with van der Waals surface area (Å²) < 4.78 is 2.26. The summed E-state index contributed by atoms with van der Waals surface area (Å²) in [5.74, 6) is -0.452. The van der Waals surface area contributed by atoms with Crippen LogP contribution in [0.4, 0.5) is 0 Å². The van der Waals surface area contributed by atoms with Gasteiger partial charge in [0.15, 0.2) is 0 Å². The number of aromatic nitrogens is 2. The van der Waals surface area contributed by atoms with Crippen LogP contribution in [0.2, 0.25) is 0 Å². The summed E-state index contributed by atoms with van der Waals surface area (Å²) in [4.78, 5) is 25.3. The van der Waals surface area contributed by atoms with E-state index in [0.29, 0.717) is 12.8 Å². The van der Waals surface area contributed by atoms with Crippen molar-refractivity contribution in [2.45, 2.75) is 25.9 Å². The van der Waals surface area contributed by atoms with Gasteiger partial charge in [-0.15, -0.1) is 0 Å². The first-order chi connectivity index (χ1) is 13.1. The van der Waals surface area contributed by atoms with Gasteiger partial charge in [0.25, 0.3) is 5.56 Å². The summed E-state index contributed by atoms with van der Waals surface area (Å²) in [6, 6.07) is 19.1. The summed E-state index contributed by atoms with van der Waals surface area (Å²) in [5.41, 5.74) is 0.649. The molecule has 6 heteroatoms. The van der Waals surface area contributed by atoms with E-state index in [1.807, 2.05) is 60.7 Å². The van der Waals surface area contributed by atoms with E-state index in [2.05, 4.69) is 0 Å². The molecule has 0 unspecified atom stereocenters. The lowest BCUT2D eigenvalue weighted by Gasteiger charge is -2.14. The maximum atomic E-state index is 12.8. The van der Waals surface area contributed by atoms with E-state index in [1.165, 1.54) is 4.57 Å². The molecule has 1 aromatic heterocycles. The minimum absolute atomic E-state index is 0.171. The van der Waals surface area contributed by atoms with Crippen molar-refractivity contribution in [3.8, 4) is 5.88 Å². The molecule has 0 saturated heterocycles. The molecule has 0 amide bonds. The van der Waals surface area contributed by atoms with Crippen LogP contribution in [0, 0.1) is 5.41 Å². The summed E-state index contributed by atoms with van der Waals surface area (Å²) in [6.45, 7) is 0.412. The summed E-state index contributed by atoms with van der Waals surface area (Å²) >= 11 is 0. The molecule has 0 spiro atoms. The van der Waals surface area contributed by atoms with Crippen LogP contribution in [0.5, 0.6) is 5.88 Å². The van der Waals surface area contributed by atoms with Crippen molar-refractivity contribution in [3.63, 3.8) is 0 Å². The molecule has 0 bridgehead atoms. The van der Waals surface area contributed by atoms with Crippen LogP contribution < -0.4 is 11.2 Å². The second kappa shape index (κ2) is 8.31. The van der Waals surface area contributed by atoms with E-state index in [0.717, 1.165) is 21.9 Å². The van der Waals surface area contributed by atoms with E-state index >= 15 is 0 Å². The minimum Gasteiger partial charge on any atom is -0.494 e. The minimum atomic E-state index is -0.639. The van der Waals surface area contributed by atoms with Gasteiger partial charge >= 0.3 is 5.69 Å². The van der Waals surface area contributed by atoms with Gasteiger partial charge in [0.1, 0.15) is 5.56 Å². The summed E-state index contributed by atoms with van der Waals surface area (Å²) in [6.07, 6.45) is 1.84. The Bertz CT molecular complexity index is 1040. The van der Waals surface area contributed by atoms with Crippen LogP contribution in [0.1, 0.15) is 16.7 Å². The highest BCUT2D eigenvalue weighted by Gasteiger charge is 2.17. The maximum Gasteiger partial charge on any atom is 0.333 e. The first-order valence-corrected chi connectivity index (χ1v) is 8.76. The van der Waals surface area contributed by atoms with Crippen molar-refractivity contribution in [3.05, 3.63) is 98.2 Å². The number of aromatic hydroxyl groups is 1. The Kier molecular flexibility index (Phi) is 5.66. The highest BCUT2D eigenvalue weighted by atomic mass is 16.3. The molecule has 0 aliphatic rings. The van der Waals surface area contributed by atoms with Gasteiger partial charge in [0.05, 0.1) is 0 Å². The van der Waals surface area contributed by atoms with E-state index in [1.54, 1.807) is 0 Å². The third kappa shape index (κ3) is 4.06. The molecule has 0 saturated carbocycles. The average molecular weight is 363 g/mol. The van der Waals surface area contributed by atoms with Gasteiger partial charge in [-0.2, -0.15) is 0 Å². The largest absolute Gasteiger partial charge is 0.494 e. The first-order valence-electron chi connectivity index (χ1n) is 8.76. The van der Waals surface area contributed by atoms with E-state index in [-0.39, 0.29) is 18.7 Å². The Balaban J connectivity index is 1.94. The molecule has 27 heavy (non-hydrogen) atoms. The SMILES string of the molecule is N=Cc1c(O)n(CCc2ccccc2)c(=O)n(CCc2ccccc2)c1=O. The third-order valence-corrected chi connectivity index (χ3v) is 4.51. The van der Waals surface area contributed by atoms with Gasteiger partial charge in [-0.05, 0) is 24.0 Å². The first kappa shape index (κ1) is 18.4. The number of aryl methyl sites for hydroxylation is 2. The molecule has 138 valence electrons. The molecule has 3 rings (SSSR count). The number of benzene rings is 2.